The van der Waals surface area contributed by atoms with Gasteiger partial charge in [-0.15, -0.1) is 0 Å². The maximum absolute atomic E-state index is 12.1. The first-order valence-electron chi connectivity index (χ1n) is 7.17. The lowest BCUT2D eigenvalue weighted by Crippen LogP contribution is -2.27. The maximum Gasteiger partial charge on any atom is 0.271 e. The summed E-state index contributed by atoms with van der Waals surface area (Å²) in [6, 6.07) is 8.89. The van der Waals surface area contributed by atoms with Gasteiger partial charge in [-0.1, -0.05) is 52.8 Å². The number of hydrogen-bond donors (Lipinski definition) is 1. The lowest BCUT2D eigenvalue weighted by Gasteiger charge is -2.18. The van der Waals surface area contributed by atoms with E-state index in [2.05, 4.69) is 10.5 Å². The van der Waals surface area contributed by atoms with Gasteiger partial charge in [0, 0.05) is 23.1 Å². The molecule has 0 aliphatic carbocycles. The molecule has 1 aromatic rings. The molecule has 4 nitrogen and oxygen atoms in total. The minimum absolute atomic E-state index is 0.104. The molecule has 1 N–H and O–H groups in total. The molecule has 0 atom stereocenters. The molecule has 114 valence electrons. The molecule has 0 saturated carbocycles. The summed E-state index contributed by atoms with van der Waals surface area (Å²) in [6.45, 7) is 9.58. The quantitative estimate of drug-likeness (QED) is 0.666. The van der Waals surface area contributed by atoms with Gasteiger partial charge in [0.2, 0.25) is 0 Å². The Morgan fingerprint density at radius 1 is 1.14 bits per heavy atom. The minimum Gasteiger partial charge on any atom is -0.299 e. The second-order valence-electron chi connectivity index (χ2n) is 6.41. The number of nitrogens with one attached hydrogen (secondary N) is 1. The third-order valence-corrected chi connectivity index (χ3v) is 3.18. The number of amides is 1. The van der Waals surface area contributed by atoms with Crippen LogP contribution in [0.1, 0.15) is 51.4 Å². The Hall–Kier alpha value is -1.97. The number of hydrazone groups is 1. The monoisotopic (exact) mass is 288 g/mol. The number of rotatable bonds is 5. The van der Waals surface area contributed by atoms with E-state index in [1.165, 1.54) is 0 Å². The molecular weight excluding hydrogens is 264 g/mol. The SMILES string of the molecule is CC(C)/C(CC(=O)C(C)(C)C)=N\NC(=O)c1ccccc1. The largest absolute Gasteiger partial charge is 0.299 e. The van der Waals surface area contributed by atoms with Crippen molar-refractivity contribution in [3.05, 3.63) is 35.9 Å². The summed E-state index contributed by atoms with van der Waals surface area (Å²) in [4.78, 5) is 24.1. The van der Waals surface area contributed by atoms with Crippen molar-refractivity contribution in [3.63, 3.8) is 0 Å². The van der Waals surface area contributed by atoms with Crippen LogP contribution >= 0.6 is 0 Å². The highest BCUT2D eigenvalue weighted by atomic mass is 16.2. The predicted molar refractivity (Wildman–Crippen MR) is 85.3 cm³/mol. The molecule has 21 heavy (non-hydrogen) atoms. The molecule has 0 aromatic heterocycles. The van der Waals surface area contributed by atoms with Crippen molar-refractivity contribution in [1.82, 2.24) is 5.43 Å². The molecule has 0 radical (unpaired) electrons. The fourth-order valence-corrected chi connectivity index (χ4v) is 1.58. The van der Waals surface area contributed by atoms with E-state index in [0.29, 0.717) is 11.3 Å². The molecule has 0 fully saturated rings. The van der Waals surface area contributed by atoms with Crippen molar-refractivity contribution in [1.29, 1.82) is 0 Å². The molecule has 0 bridgehead atoms. The van der Waals surface area contributed by atoms with Crippen molar-refractivity contribution < 1.29 is 9.59 Å². The summed E-state index contributed by atoms with van der Waals surface area (Å²) in [5.41, 5.74) is 3.37. The highest BCUT2D eigenvalue weighted by molar-refractivity contribution is 6.05. The van der Waals surface area contributed by atoms with Gasteiger partial charge in [-0.2, -0.15) is 5.10 Å². The highest BCUT2D eigenvalue weighted by Gasteiger charge is 2.23. The molecule has 0 spiro atoms. The number of benzene rings is 1. The van der Waals surface area contributed by atoms with E-state index in [1.54, 1.807) is 24.3 Å². The van der Waals surface area contributed by atoms with E-state index < -0.39 is 5.41 Å². The van der Waals surface area contributed by atoms with Crippen molar-refractivity contribution in [2.45, 2.75) is 41.0 Å². The molecule has 0 heterocycles. The van der Waals surface area contributed by atoms with Crippen LogP contribution in [-0.4, -0.2) is 17.4 Å². The lowest BCUT2D eigenvalue weighted by molar-refractivity contribution is -0.125. The van der Waals surface area contributed by atoms with Crippen LogP contribution < -0.4 is 5.43 Å². The van der Waals surface area contributed by atoms with Crippen LogP contribution in [0, 0.1) is 11.3 Å². The van der Waals surface area contributed by atoms with E-state index in [0.717, 1.165) is 0 Å². The number of nitrogens with zero attached hydrogens (tertiary/aromatic N) is 1. The number of Topliss-reactive ketones (excluding diaryl/α,β-unsaturated/α-hetero) is 1. The molecule has 1 amide bonds. The zero-order valence-corrected chi connectivity index (χ0v) is 13.4. The van der Waals surface area contributed by atoms with Gasteiger partial charge >= 0.3 is 0 Å². The van der Waals surface area contributed by atoms with Gasteiger partial charge in [0.15, 0.2) is 0 Å². The number of ketones is 1. The summed E-state index contributed by atoms with van der Waals surface area (Å²) < 4.78 is 0. The predicted octanol–water partition coefficient (Wildman–Crippen LogP) is 3.43. The zero-order valence-electron chi connectivity index (χ0n) is 13.4. The second kappa shape index (κ2) is 7.16. The van der Waals surface area contributed by atoms with Gasteiger partial charge in [0.25, 0.3) is 5.91 Å². The Morgan fingerprint density at radius 3 is 2.19 bits per heavy atom. The summed E-state index contributed by atoms with van der Waals surface area (Å²) in [5, 5.41) is 4.15. The van der Waals surface area contributed by atoms with E-state index >= 15 is 0 Å². The minimum atomic E-state index is -0.404. The van der Waals surface area contributed by atoms with Gasteiger partial charge in [-0.3, -0.25) is 9.59 Å². The smallest absolute Gasteiger partial charge is 0.271 e. The van der Waals surface area contributed by atoms with Gasteiger partial charge in [-0.05, 0) is 18.1 Å². The van der Waals surface area contributed by atoms with Crippen LogP contribution in [0.3, 0.4) is 0 Å². The second-order valence-corrected chi connectivity index (χ2v) is 6.41. The third kappa shape index (κ3) is 5.50. The third-order valence-electron chi connectivity index (χ3n) is 3.18. The lowest BCUT2D eigenvalue weighted by atomic mass is 9.86. The van der Waals surface area contributed by atoms with Gasteiger partial charge in [0.05, 0.1) is 0 Å². The molecule has 0 aliphatic heterocycles. The Kier molecular flexibility index (Phi) is 5.82. The average molecular weight is 288 g/mol. The van der Waals surface area contributed by atoms with Crippen molar-refractivity contribution in [3.8, 4) is 0 Å². The topological polar surface area (TPSA) is 58.5 Å². The molecule has 4 heteroatoms. The van der Waals surface area contributed by atoms with E-state index in [-0.39, 0.29) is 24.0 Å². The van der Waals surface area contributed by atoms with Gasteiger partial charge in [-0.25, -0.2) is 5.43 Å². The fraction of sp³-hybridized carbons (Fsp3) is 0.471. The fourth-order valence-electron chi connectivity index (χ4n) is 1.58. The van der Waals surface area contributed by atoms with E-state index in [1.807, 2.05) is 40.7 Å². The van der Waals surface area contributed by atoms with Gasteiger partial charge < -0.3 is 0 Å². The van der Waals surface area contributed by atoms with Crippen LogP contribution in [0.2, 0.25) is 0 Å². The average Bonchev–Trinajstić information content (AvgIpc) is 2.42. The molecule has 1 aromatic carbocycles. The van der Waals surface area contributed by atoms with Gasteiger partial charge in [0.1, 0.15) is 5.78 Å². The van der Waals surface area contributed by atoms with Crippen LogP contribution in [0.25, 0.3) is 0 Å². The summed E-state index contributed by atoms with van der Waals surface area (Å²) in [7, 11) is 0. The zero-order chi connectivity index (χ0) is 16.0. The van der Waals surface area contributed by atoms with Crippen molar-refractivity contribution >= 4 is 17.4 Å². The molecule has 1 rings (SSSR count). The van der Waals surface area contributed by atoms with Crippen LogP contribution in [0.15, 0.2) is 35.4 Å². The highest BCUT2D eigenvalue weighted by Crippen LogP contribution is 2.18. The first-order chi connectivity index (χ1) is 9.71. The molecule has 0 unspecified atom stereocenters. The van der Waals surface area contributed by atoms with Crippen LogP contribution in [0.4, 0.5) is 0 Å². The Labute approximate surface area is 126 Å². The van der Waals surface area contributed by atoms with Crippen molar-refractivity contribution in [2.75, 3.05) is 0 Å². The van der Waals surface area contributed by atoms with Crippen LogP contribution in [0.5, 0.6) is 0 Å². The van der Waals surface area contributed by atoms with Crippen LogP contribution in [-0.2, 0) is 4.79 Å². The Balaban J connectivity index is 2.78. The normalized spacial score (nSPS) is 12.4. The maximum atomic E-state index is 12.1. The Morgan fingerprint density at radius 2 is 1.71 bits per heavy atom. The summed E-state index contributed by atoms with van der Waals surface area (Å²) in [5.74, 6) is -0.0479. The molecule has 0 aliphatic rings. The number of carbonyl (C=O) groups is 2. The molecule has 0 saturated heterocycles. The van der Waals surface area contributed by atoms with Crippen molar-refractivity contribution in [2.24, 2.45) is 16.4 Å². The van der Waals surface area contributed by atoms with E-state index in [4.69, 9.17) is 0 Å². The standard InChI is InChI=1S/C17H24N2O2/c1-12(2)14(11-15(20)17(3,4)5)18-19-16(21)13-9-7-6-8-10-13/h6-10,12H,11H2,1-5H3,(H,19,21)/b18-14-. The molecular formula is C17H24N2O2. The number of hydrogen-bond acceptors (Lipinski definition) is 3. The first kappa shape index (κ1) is 17.1. The summed E-state index contributed by atoms with van der Waals surface area (Å²) in [6.07, 6.45) is 0.260. The van der Waals surface area contributed by atoms with E-state index in [9.17, 15) is 9.59 Å². The Bertz CT molecular complexity index is 525. The summed E-state index contributed by atoms with van der Waals surface area (Å²) >= 11 is 0. The number of carbonyl (C=O) groups excluding carboxylic acids is 2. The first-order valence-corrected chi connectivity index (χ1v) is 7.17.